The summed E-state index contributed by atoms with van der Waals surface area (Å²) in [6.45, 7) is 2.32. The first-order chi connectivity index (χ1) is 21.9. The number of hydrogen-bond donors (Lipinski definition) is 4. The Bertz CT molecular complexity index is 1690. The normalized spacial score (nSPS) is 21.1. The minimum Gasteiger partial charge on any atom is -0.481 e. The van der Waals surface area contributed by atoms with Gasteiger partial charge in [0.1, 0.15) is 0 Å². The van der Waals surface area contributed by atoms with Crippen molar-refractivity contribution in [2.45, 2.75) is 63.3 Å². The van der Waals surface area contributed by atoms with Gasteiger partial charge in [0.2, 0.25) is 5.91 Å². The van der Waals surface area contributed by atoms with Crippen LogP contribution >= 0.6 is 0 Å². The number of benzene rings is 3. The van der Waals surface area contributed by atoms with E-state index < -0.39 is 12.3 Å². The van der Waals surface area contributed by atoms with Crippen molar-refractivity contribution in [3.05, 3.63) is 100.0 Å². The number of imidazole rings is 1. The molecule has 0 aliphatic carbocycles. The number of likely N-dealkylation sites (tertiary alicyclic amines) is 1. The topological polar surface area (TPSA) is 146 Å². The van der Waals surface area contributed by atoms with Gasteiger partial charge in [-0.15, -0.1) is 0 Å². The molecule has 3 atom stereocenters. The van der Waals surface area contributed by atoms with Crippen molar-refractivity contribution in [3.8, 4) is 0 Å². The molecule has 2 saturated heterocycles. The highest BCUT2D eigenvalue weighted by molar-refractivity contribution is 5.92. The van der Waals surface area contributed by atoms with Crippen LogP contribution in [0.2, 0.25) is 0 Å². The van der Waals surface area contributed by atoms with E-state index in [1.807, 2.05) is 59.2 Å². The van der Waals surface area contributed by atoms with E-state index in [4.69, 9.17) is 14.6 Å². The summed E-state index contributed by atoms with van der Waals surface area (Å²) < 4.78 is 14.9. The van der Waals surface area contributed by atoms with E-state index in [2.05, 4.69) is 15.2 Å². The van der Waals surface area contributed by atoms with Gasteiger partial charge in [0.15, 0.2) is 6.29 Å². The number of para-hydroxylation sites is 2. The molecule has 2 aliphatic heterocycles. The molecule has 236 valence electrons. The highest BCUT2D eigenvalue weighted by Crippen LogP contribution is 2.39. The molecule has 0 bridgehead atoms. The van der Waals surface area contributed by atoms with Gasteiger partial charge in [-0.05, 0) is 48.2 Å². The Morgan fingerprint density at radius 3 is 2.47 bits per heavy atom. The second-order valence-corrected chi connectivity index (χ2v) is 11.8. The summed E-state index contributed by atoms with van der Waals surface area (Å²) in [5, 5.41) is 21.2. The summed E-state index contributed by atoms with van der Waals surface area (Å²) in [6, 6.07) is 22.9. The fraction of sp³-hybridized carbons (Fsp3) is 0.382. The first-order valence-corrected chi connectivity index (χ1v) is 15.4. The van der Waals surface area contributed by atoms with Gasteiger partial charge >= 0.3 is 11.7 Å². The summed E-state index contributed by atoms with van der Waals surface area (Å²) in [5.74, 6) is -1.40. The number of carboxylic acid groups (broad SMARTS) is 1. The molecular weight excluding hydrogens is 576 g/mol. The minimum atomic E-state index is -1.02. The van der Waals surface area contributed by atoms with Crippen molar-refractivity contribution in [3.63, 3.8) is 0 Å². The number of amides is 1. The molecule has 2 fully saturated rings. The maximum Gasteiger partial charge on any atom is 0.326 e. The molecule has 6 rings (SSSR count). The number of ether oxygens (including phenoxy) is 2. The zero-order chi connectivity index (χ0) is 31.3. The van der Waals surface area contributed by atoms with Crippen LogP contribution in [0.3, 0.4) is 0 Å². The Kier molecular flexibility index (Phi) is 9.41. The summed E-state index contributed by atoms with van der Waals surface area (Å²) in [7, 11) is 0. The van der Waals surface area contributed by atoms with Crippen molar-refractivity contribution >= 4 is 28.6 Å². The van der Waals surface area contributed by atoms with Crippen LogP contribution in [0, 0.1) is 0 Å². The summed E-state index contributed by atoms with van der Waals surface area (Å²) in [6.07, 6.45) is 0.898. The lowest BCUT2D eigenvalue weighted by molar-refractivity contribution is -0.253. The van der Waals surface area contributed by atoms with Gasteiger partial charge in [-0.1, -0.05) is 48.5 Å². The van der Waals surface area contributed by atoms with E-state index >= 15 is 0 Å². The fourth-order valence-corrected chi connectivity index (χ4v) is 6.32. The maximum absolute atomic E-state index is 12.8. The molecule has 45 heavy (non-hydrogen) atoms. The Morgan fingerprint density at radius 1 is 0.933 bits per heavy atom. The van der Waals surface area contributed by atoms with E-state index in [1.165, 1.54) is 0 Å². The van der Waals surface area contributed by atoms with Gasteiger partial charge in [-0.3, -0.25) is 14.2 Å². The summed E-state index contributed by atoms with van der Waals surface area (Å²) in [4.78, 5) is 41.2. The quantitative estimate of drug-likeness (QED) is 0.204. The van der Waals surface area contributed by atoms with Crippen LogP contribution in [0.25, 0.3) is 11.0 Å². The van der Waals surface area contributed by atoms with Crippen molar-refractivity contribution in [2.24, 2.45) is 0 Å². The van der Waals surface area contributed by atoms with E-state index in [-0.39, 0.29) is 49.3 Å². The van der Waals surface area contributed by atoms with E-state index in [1.54, 1.807) is 18.2 Å². The standard InChI is InChI=1S/C34H38N4O7/c39-21-22-8-10-23(11-9-22)30-19-27(44-33(45-30)24-4-3-5-25(18-24)35-31(40)12-13-32(41)42)20-37-16-14-26(15-17-37)38-29-7-2-1-6-28(29)36-34(38)43/h1-11,18,26-27,30,33,39H,12-17,19-21H2,(H,35,40)(H,36,43)(H,41,42)/t27-,30+,33+/m1/s1. The molecule has 3 aromatic carbocycles. The first kappa shape index (κ1) is 30.7. The molecule has 1 amide bonds. The SMILES string of the molecule is O=C(O)CCC(=O)Nc1cccc([C@H]2O[C@@H](CN3CCC(n4c(=O)[nH]c5ccccc54)CC3)C[C@@H](c3ccc(CO)cc3)O2)c1. The van der Waals surface area contributed by atoms with Crippen LogP contribution in [-0.2, 0) is 25.7 Å². The van der Waals surface area contributed by atoms with Gasteiger partial charge in [-0.25, -0.2) is 4.79 Å². The summed E-state index contributed by atoms with van der Waals surface area (Å²) in [5.41, 5.74) is 4.81. The van der Waals surface area contributed by atoms with Crippen LogP contribution in [0.5, 0.6) is 0 Å². The third-order valence-electron chi connectivity index (χ3n) is 8.63. The predicted octanol–water partition coefficient (Wildman–Crippen LogP) is 4.51. The lowest BCUT2D eigenvalue weighted by Crippen LogP contribution is -2.43. The number of carbonyl (C=O) groups is 2. The Labute approximate surface area is 260 Å². The largest absolute Gasteiger partial charge is 0.481 e. The van der Waals surface area contributed by atoms with Gasteiger partial charge in [-0.2, -0.15) is 0 Å². The molecule has 0 radical (unpaired) electrons. The second kappa shape index (κ2) is 13.8. The average Bonchev–Trinajstić information content (AvgIpc) is 3.40. The molecule has 11 heteroatoms. The molecular formula is C34H38N4O7. The Hall–Kier alpha value is -4.29. The molecule has 1 aromatic heterocycles. The van der Waals surface area contributed by atoms with Crippen molar-refractivity contribution in [1.82, 2.24) is 14.5 Å². The zero-order valence-electron chi connectivity index (χ0n) is 24.9. The third kappa shape index (κ3) is 7.34. The predicted molar refractivity (Wildman–Crippen MR) is 168 cm³/mol. The molecule has 0 saturated carbocycles. The van der Waals surface area contributed by atoms with E-state index in [0.717, 1.165) is 53.7 Å². The number of nitrogens with zero attached hydrogens (tertiary/aromatic N) is 2. The fourth-order valence-electron chi connectivity index (χ4n) is 6.32. The number of rotatable bonds is 10. The number of fused-ring (bicyclic) bond motifs is 1. The lowest BCUT2D eigenvalue weighted by atomic mass is 9.98. The van der Waals surface area contributed by atoms with E-state index in [9.17, 15) is 19.5 Å². The van der Waals surface area contributed by atoms with Crippen molar-refractivity contribution in [2.75, 3.05) is 25.0 Å². The van der Waals surface area contributed by atoms with Gasteiger partial charge in [0, 0.05) is 49.8 Å². The Morgan fingerprint density at radius 2 is 1.71 bits per heavy atom. The molecule has 0 unspecified atom stereocenters. The maximum atomic E-state index is 12.8. The van der Waals surface area contributed by atoms with Crippen LogP contribution in [0.15, 0.2) is 77.6 Å². The highest BCUT2D eigenvalue weighted by Gasteiger charge is 2.34. The number of aliphatic hydroxyl groups is 1. The van der Waals surface area contributed by atoms with Gasteiger partial charge in [0.05, 0.1) is 36.3 Å². The number of aliphatic carboxylic acids is 1. The van der Waals surface area contributed by atoms with Crippen LogP contribution in [-0.4, -0.2) is 62.3 Å². The molecule has 2 aliphatic rings. The lowest BCUT2D eigenvalue weighted by Gasteiger charge is -2.40. The Balaban J connectivity index is 1.16. The number of H-pyrrole nitrogens is 1. The zero-order valence-corrected chi connectivity index (χ0v) is 24.9. The second-order valence-electron chi connectivity index (χ2n) is 11.8. The summed E-state index contributed by atoms with van der Waals surface area (Å²) >= 11 is 0. The molecule has 4 aromatic rings. The number of hydrogen-bond acceptors (Lipinski definition) is 7. The van der Waals surface area contributed by atoms with Crippen LogP contribution < -0.4 is 11.0 Å². The van der Waals surface area contributed by atoms with E-state index in [0.29, 0.717) is 18.7 Å². The minimum absolute atomic E-state index is 0.0359. The first-order valence-electron chi connectivity index (χ1n) is 15.4. The number of nitrogens with one attached hydrogen (secondary N) is 2. The third-order valence-corrected chi connectivity index (χ3v) is 8.63. The molecule has 3 heterocycles. The average molecular weight is 615 g/mol. The number of aliphatic hydroxyl groups excluding tert-OH is 1. The number of aromatic nitrogens is 2. The highest BCUT2D eigenvalue weighted by atomic mass is 16.7. The molecule has 0 spiro atoms. The monoisotopic (exact) mass is 614 g/mol. The van der Waals surface area contributed by atoms with Crippen LogP contribution in [0.4, 0.5) is 5.69 Å². The number of piperidine rings is 1. The number of carboxylic acids is 1. The van der Waals surface area contributed by atoms with Gasteiger partial charge in [0.25, 0.3) is 0 Å². The number of carbonyl (C=O) groups excluding carboxylic acids is 1. The molecule has 4 N–H and O–H groups in total. The smallest absolute Gasteiger partial charge is 0.326 e. The van der Waals surface area contributed by atoms with Gasteiger partial charge < -0.3 is 34.9 Å². The van der Waals surface area contributed by atoms with Crippen LogP contribution in [0.1, 0.15) is 67.2 Å². The van der Waals surface area contributed by atoms with Crippen molar-refractivity contribution in [1.29, 1.82) is 0 Å². The van der Waals surface area contributed by atoms with Crippen molar-refractivity contribution < 1.29 is 29.3 Å². The molecule has 11 nitrogen and oxygen atoms in total. The number of anilines is 1. The number of aromatic amines is 1.